The van der Waals surface area contributed by atoms with E-state index in [1.54, 1.807) is 11.3 Å². The number of rotatable bonds is 6. The zero-order valence-corrected chi connectivity index (χ0v) is 13.0. The molecule has 1 aromatic rings. The van der Waals surface area contributed by atoms with Crippen LogP contribution in [0.5, 0.6) is 0 Å². The third-order valence-electron chi connectivity index (χ3n) is 3.22. The first-order valence-electron chi connectivity index (χ1n) is 7.21. The summed E-state index contributed by atoms with van der Waals surface area (Å²) in [6.45, 7) is 11.5. The number of thiazole rings is 1. The third-order valence-corrected chi connectivity index (χ3v) is 4.31. The molecule has 0 amide bonds. The molecule has 4 nitrogen and oxygen atoms in total. The zero-order chi connectivity index (χ0) is 13.7. The maximum atomic E-state index is 5.87. The summed E-state index contributed by atoms with van der Waals surface area (Å²) in [5, 5.41) is 4.55. The molecular weight excluding hydrogens is 258 g/mol. The van der Waals surface area contributed by atoms with Gasteiger partial charge in [0.15, 0.2) is 0 Å². The minimum absolute atomic E-state index is 0.165. The second-order valence-electron chi connectivity index (χ2n) is 5.36. The highest BCUT2D eigenvalue weighted by molar-refractivity contribution is 7.11. The van der Waals surface area contributed by atoms with Gasteiger partial charge >= 0.3 is 0 Å². The van der Waals surface area contributed by atoms with Gasteiger partial charge in [-0.3, -0.25) is 4.90 Å². The Balaban J connectivity index is 1.90. The van der Waals surface area contributed by atoms with Crippen molar-refractivity contribution in [2.24, 2.45) is 0 Å². The normalized spacial score (nSPS) is 21.2. The van der Waals surface area contributed by atoms with Crippen LogP contribution in [0.4, 0.5) is 0 Å². The lowest BCUT2D eigenvalue weighted by Gasteiger charge is -2.31. The Morgan fingerprint density at radius 1 is 1.58 bits per heavy atom. The molecule has 1 saturated heterocycles. The van der Waals surface area contributed by atoms with Crippen molar-refractivity contribution in [2.45, 2.75) is 45.9 Å². The van der Waals surface area contributed by atoms with Crippen LogP contribution in [0.2, 0.25) is 0 Å². The van der Waals surface area contributed by atoms with Crippen LogP contribution in [0.3, 0.4) is 0 Å². The highest BCUT2D eigenvalue weighted by Crippen LogP contribution is 2.26. The van der Waals surface area contributed by atoms with Crippen molar-refractivity contribution in [3.8, 4) is 0 Å². The van der Waals surface area contributed by atoms with E-state index in [1.165, 1.54) is 11.3 Å². The average Bonchev–Trinajstić information content (AvgIpc) is 2.86. The predicted octanol–water partition coefficient (Wildman–Crippen LogP) is 2.42. The molecule has 1 aliphatic heterocycles. The Morgan fingerprint density at radius 3 is 3.16 bits per heavy atom. The fourth-order valence-corrected chi connectivity index (χ4v) is 3.14. The fraction of sp³-hybridized carbons (Fsp3) is 0.786. The van der Waals surface area contributed by atoms with E-state index < -0.39 is 0 Å². The summed E-state index contributed by atoms with van der Waals surface area (Å²) in [5.74, 6) is 0. The summed E-state index contributed by atoms with van der Waals surface area (Å²) in [4.78, 5) is 8.30. The number of aromatic nitrogens is 1. The van der Waals surface area contributed by atoms with Crippen molar-refractivity contribution < 1.29 is 4.74 Å². The Morgan fingerprint density at radius 2 is 2.42 bits per heavy atom. The van der Waals surface area contributed by atoms with Crippen molar-refractivity contribution in [1.82, 2.24) is 15.2 Å². The number of hydrogen-bond donors (Lipinski definition) is 1. The van der Waals surface area contributed by atoms with Crippen molar-refractivity contribution in [2.75, 3.05) is 26.2 Å². The molecule has 0 saturated carbocycles. The van der Waals surface area contributed by atoms with Gasteiger partial charge in [-0.25, -0.2) is 4.98 Å². The fourth-order valence-electron chi connectivity index (χ4n) is 2.23. The van der Waals surface area contributed by atoms with Crippen LogP contribution in [0.1, 0.15) is 43.2 Å². The number of nitrogens with zero attached hydrogens (tertiary/aromatic N) is 2. The van der Waals surface area contributed by atoms with Crippen LogP contribution < -0.4 is 5.32 Å². The monoisotopic (exact) mass is 283 g/mol. The maximum Gasteiger partial charge on any atom is 0.123 e. The number of ether oxygens (including phenoxy) is 1. The second-order valence-corrected chi connectivity index (χ2v) is 6.51. The summed E-state index contributed by atoms with van der Waals surface area (Å²) < 4.78 is 5.87. The van der Waals surface area contributed by atoms with Gasteiger partial charge in [0.2, 0.25) is 0 Å². The third kappa shape index (κ3) is 4.53. The molecule has 1 unspecified atom stereocenters. The molecule has 1 aliphatic rings. The first kappa shape index (κ1) is 14.9. The molecule has 0 bridgehead atoms. The predicted molar refractivity (Wildman–Crippen MR) is 79.5 cm³/mol. The minimum atomic E-state index is 0.165. The largest absolute Gasteiger partial charge is 0.368 e. The topological polar surface area (TPSA) is 37.4 Å². The van der Waals surface area contributed by atoms with Crippen molar-refractivity contribution in [3.05, 3.63) is 16.1 Å². The van der Waals surface area contributed by atoms with Crippen molar-refractivity contribution in [1.29, 1.82) is 0 Å². The molecule has 0 spiro atoms. The van der Waals surface area contributed by atoms with E-state index in [0.717, 1.165) is 37.8 Å². The molecule has 5 heteroatoms. The van der Waals surface area contributed by atoms with Gasteiger partial charge in [0.1, 0.15) is 11.1 Å². The minimum Gasteiger partial charge on any atom is -0.368 e. The van der Waals surface area contributed by atoms with Crippen LogP contribution in [-0.2, 0) is 11.3 Å². The summed E-state index contributed by atoms with van der Waals surface area (Å²) in [5.41, 5.74) is 0. The lowest BCUT2D eigenvalue weighted by Crippen LogP contribution is -2.38. The Hall–Kier alpha value is -0.490. The van der Waals surface area contributed by atoms with Crippen LogP contribution in [0.15, 0.2) is 6.20 Å². The molecule has 19 heavy (non-hydrogen) atoms. The molecule has 1 aromatic heterocycles. The smallest absolute Gasteiger partial charge is 0.123 e. The molecule has 2 rings (SSSR count). The Labute approximate surface area is 120 Å². The van der Waals surface area contributed by atoms with Gasteiger partial charge in [-0.2, -0.15) is 0 Å². The first-order valence-corrected chi connectivity index (χ1v) is 8.02. The molecule has 1 N–H and O–H groups in total. The number of hydrogen-bond acceptors (Lipinski definition) is 5. The van der Waals surface area contributed by atoms with E-state index in [1.807, 2.05) is 6.20 Å². The van der Waals surface area contributed by atoms with Crippen molar-refractivity contribution >= 4 is 11.3 Å². The second kappa shape index (κ2) is 7.33. The first-order chi connectivity index (χ1) is 9.19. The number of morpholine rings is 1. The SMILES string of the molecule is CCCN1CCOC(c2ncc(CNC(C)C)s2)C1. The van der Waals surface area contributed by atoms with E-state index in [0.29, 0.717) is 6.04 Å². The molecule has 0 aliphatic carbocycles. The molecular formula is C14H25N3OS. The summed E-state index contributed by atoms with van der Waals surface area (Å²) in [6.07, 6.45) is 3.35. The van der Waals surface area contributed by atoms with Gasteiger partial charge in [-0.05, 0) is 13.0 Å². The molecule has 0 aromatic carbocycles. The quantitative estimate of drug-likeness (QED) is 0.870. The molecule has 108 valence electrons. The standard InChI is InChI=1S/C14H25N3OS/c1-4-5-17-6-7-18-13(10-17)14-16-9-12(19-14)8-15-11(2)3/h9,11,13,15H,4-8,10H2,1-3H3. The molecule has 0 radical (unpaired) electrons. The highest BCUT2D eigenvalue weighted by atomic mass is 32.1. The van der Waals surface area contributed by atoms with E-state index in [4.69, 9.17) is 4.74 Å². The van der Waals surface area contributed by atoms with E-state index in [9.17, 15) is 0 Å². The van der Waals surface area contributed by atoms with Crippen LogP contribution >= 0.6 is 11.3 Å². The van der Waals surface area contributed by atoms with Gasteiger partial charge in [0, 0.05) is 36.8 Å². The van der Waals surface area contributed by atoms with E-state index >= 15 is 0 Å². The van der Waals surface area contributed by atoms with E-state index in [2.05, 4.69) is 36.0 Å². The Kier molecular flexibility index (Phi) is 5.76. The van der Waals surface area contributed by atoms with Crippen LogP contribution in [0, 0.1) is 0 Å². The summed E-state index contributed by atoms with van der Waals surface area (Å²) in [6, 6.07) is 0.511. The Bertz CT molecular complexity index is 379. The van der Waals surface area contributed by atoms with Gasteiger partial charge < -0.3 is 10.1 Å². The van der Waals surface area contributed by atoms with Crippen LogP contribution in [0.25, 0.3) is 0 Å². The van der Waals surface area contributed by atoms with Gasteiger partial charge in [0.25, 0.3) is 0 Å². The number of nitrogens with one attached hydrogen (secondary N) is 1. The van der Waals surface area contributed by atoms with Crippen LogP contribution in [-0.4, -0.2) is 42.2 Å². The molecule has 2 heterocycles. The maximum absolute atomic E-state index is 5.87. The van der Waals surface area contributed by atoms with Gasteiger partial charge in [0.05, 0.1) is 6.61 Å². The van der Waals surface area contributed by atoms with Gasteiger partial charge in [-0.1, -0.05) is 20.8 Å². The van der Waals surface area contributed by atoms with Gasteiger partial charge in [-0.15, -0.1) is 11.3 Å². The zero-order valence-electron chi connectivity index (χ0n) is 12.2. The highest BCUT2D eigenvalue weighted by Gasteiger charge is 2.23. The molecule has 1 atom stereocenters. The van der Waals surface area contributed by atoms with Crippen molar-refractivity contribution in [3.63, 3.8) is 0 Å². The summed E-state index contributed by atoms with van der Waals surface area (Å²) in [7, 11) is 0. The lowest BCUT2D eigenvalue weighted by atomic mass is 10.2. The summed E-state index contributed by atoms with van der Waals surface area (Å²) >= 11 is 1.78. The molecule has 1 fully saturated rings. The van der Waals surface area contributed by atoms with E-state index in [-0.39, 0.29) is 6.10 Å². The lowest BCUT2D eigenvalue weighted by molar-refractivity contribution is -0.0299. The average molecular weight is 283 g/mol.